The Kier molecular flexibility index (Phi) is 6.66. The van der Waals surface area contributed by atoms with E-state index in [1.165, 1.54) is 32.5 Å². The molecule has 0 fully saturated rings. The molecule has 0 saturated heterocycles. The molecule has 0 unspecified atom stereocenters. The minimum absolute atomic E-state index is 0.0791. The van der Waals surface area contributed by atoms with Gasteiger partial charge in [0.25, 0.3) is 5.91 Å². The molecule has 0 bridgehead atoms. The third-order valence-corrected chi connectivity index (χ3v) is 4.80. The smallest absolute Gasteiger partial charge is 0.251 e. The molecule has 150 valence electrons. The second-order valence-corrected chi connectivity index (χ2v) is 6.73. The molecule has 0 aliphatic rings. The number of nitrogens with zero attached hydrogens (tertiary/aromatic N) is 1. The molecular formula is C21H18BrFN2O4. The molecule has 0 atom stereocenters. The van der Waals surface area contributed by atoms with Gasteiger partial charge < -0.3 is 19.5 Å². The van der Waals surface area contributed by atoms with Crippen LogP contribution in [0.25, 0.3) is 0 Å². The van der Waals surface area contributed by atoms with Crippen LogP contribution in [-0.4, -0.2) is 25.1 Å². The van der Waals surface area contributed by atoms with Crippen molar-refractivity contribution in [2.75, 3.05) is 14.2 Å². The van der Waals surface area contributed by atoms with Gasteiger partial charge in [-0.2, -0.15) is 0 Å². The summed E-state index contributed by atoms with van der Waals surface area (Å²) in [6.07, 6.45) is 3.10. The number of aromatic nitrogens is 1. The van der Waals surface area contributed by atoms with E-state index in [2.05, 4.69) is 26.2 Å². The highest BCUT2D eigenvalue weighted by atomic mass is 79.9. The Morgan fingerprint density at radius 2 is 1.83 bits per heavy atom. The topological polar surface area (TPSA) is 69.7 Å². The standard InChI is InChI=1S/C21H18BrFN2O4/c1-27-18-9-14(10-19(28-2)20(18)22)21(26)25-11-13-5-6-17(16(23)8-13)29-15-4-3-7-24-12-15/h3-10,12H,11H2,1-2H3,(H,25,26). The van der Waals surface area contributed by atoms with Gasteiger partial charge in [0.15, 0.2) is 11.6 Å². The summed E-state index contributed by atoms with van der Waals surface area (Å²) < 4.78 is 30.9. The lowest BCUT2D eigenvalue weighted by Crippen LogP contribution is -2.23. The zero-order valence-corrected chi connectivity index (χ0v) is 17.3. The van der Waals surface area contributed by atoms with Gasteiger partial charge in [-0.3, -0.25) is 9.78 Å². The molecule has 3 rings (SSSR count). The third-order valence-electron chi connectivity index (χ3n) is 4.02. The fraction of sp³-hybridized carbons (Fsp3) is 0.143. The summed E-state index contributed by atoms with van der Waals surface area (Å²) in [5, 5.41) is 2.75. The van der Waals surface area contributed by atoms with E-state index in [1.54, 1.807) is 36.5 Å². The van der Waals surface area contributed by atoms with Gasteiger partial charge in [-0.05, 0) is 57.9 Å². The summed E-state index contributed by atoms with van der Waals surface area (Å²) in [6, 6.07) is 11.1. The van der Waals surface area contributed by atoms with Crippen LogP contribution in [0.5, 0.6) is 23.0 Å². The van der Waals surface area contributed by atoms with E-state index in [0.29, 0.717) is 32.8 Å². The van der Waals surface area contributed by atoms with Crippen LogP contribution in [0.15, 0.2) is 59.3 Å². The molecule has 1 amide bonds. The molecular weight excluding hydrogens is 443 g/mol. The Morgan fingerprint density at radius 3 is 2.41 bits per heavy atom. The number of ether oxygens (including phenoxy) is 3. The van der Waals surface area contributed by atoms with Gasteiger partial charge in [0, 0.05) is 18.3 Å². The van der Waals surface area contributed by atoms with E-state index in [-0.39, 0.29) is 18.2 Å². The molecule has 1 aromatic heterocycles. The number of methoxy groups -OCH3 is 2. The third kappa shape index (κ3) is 5.03. The van der Waals surface area contributed by atoms with Gasteiger partial charge in [0.2, 0.25) is 0 Å². The molecule has 0 saturated carbocycles. The molecule has 2 aromatic carbocycles. The van der Waals surface area contributed by atoms with Crippen LogP contribution in [0.4, 0.5) is 4.39 Å². The van der Waals surface area contributed by atoms with Crippen molar-refractivity contribution in [1.82, 2.24) is 10.3 Å². The molecule has 0 aliphatic heterocycles. The molecule has 3 aromatic rings. The number of rotatable bonds is 7. The average Bonchev–Trinajstić information content (AvgIpc) is 2.74. The molecule has 0 radical (unpaired) electrons. The van der Waals surface area contributed by atoms with Gasteiger partial charge in [-0.15, -0.1) is 0 Å². The van der Waals surface area contributed by atoms with Crippen LogP contribution < -0.4 is 19.5 Å². The summed E-state index contributed by atoms with van der Waals surface area (Å²) in [6.45, 7) is 0.142. The summed E-state index contributed by atoms with van der Waals surface area (Å²) in [5.41, 5.74) is 0.948. The Bertz CT molecular complexity index is 990. The number of pyridine rings is 1. The van der Waals surface area contributed by atoms with Gasteiger partial charge in [0.05, 0.1) is 20.4 Å². The molecule has 1 N–H and O–H groups in total. The molecule has 0 spiro atoms. The fourth-order valence-corrected chi connectivity index (χ4v) is 3.11. The van der Waals surface area contributed by atoms with Crippen molar-refractivity contribution in [1.29, 1.82) is 0 Å². The number of nitrogens with one attached hydrogen (secondary N) is 1. The first-order valence-corrected chi connectivity index (χ1v) is 9.37. The minimum Gasteiger partial charge on any atom is -0.495 e. The maximum atomic E-state index is 14.3. The van der Waals surface area contributed by atoms with Crippen LogP contribution in [0.1, 0.15) is 15.9 Å². The van der Waals surface area contributed by atoms with Crippen molar-refractivity contribution in [2.45, 2.75) is 6.54 Å². The van der Waals surface area contributed by atoms with Crippen LogP contribution in [0.3, 0.4) is 0 Å². The number of benzene rings is 2. The first-order chi connectivity index (χ1) is 14.0. The van der Waals surface area contributed by atoms with Crippen molar-refractivity contribution < 1.29 is 23.4 Å². The molecule has 1 heterocycles. The maximum absolute atomic E-state index is 14.3. The Hall–Kier alpha value is -3.13. The number of carbonyl (C=O) groups is 1. The zero-order valence-electron chi connectivity index (χ0n) is 15.7. The molecule has 8 heteroatoms. The first-order valence-electron chi connectivity index (χ1n) is 8.58. The summed E-state index contributed by atoms with van der Waals surface area (Å²) in [5.74, 6) is 0.578. The normalized spacial score (nSPS) is 10.3. The lowest BCUT2D eigenvalue weighted by molar-refractivity contribution is 0.0950. The highest BCUT2D eigenvalue weighted by molar-refractivity contribution is 9.10. The average molecular weight is 461 g/mol. The fourth-order valence-electron chi connectivity index (χ4n) is 2.56. The number of hydrogen-bond acceptors (Lipinski definition) is 5. The Morgan fingerprint density at radius 1 is 1.10 bits per heavy atom. The van der Waals surface area contributed by atoms with E-state index in [0.717, 1.165) is 0 Å². The Balaban J connectivity index is 1.68. The predicted octanol–water partition coefficient (Wildman–Crippen LogP) is 4.72. The Labute approximate surface area is 175 Å². The zero-order chi connectivity index (χ0) is 20.8. The van der Waals surface area contributed by atoms with Crippen LogP contribution in [-0.2, 0) is 6.54 Å². The number of hydrogen-bond donors (Lipinski definition) is 1. The van der Waals surface area contributed by atoms with Crippen molar-refractivity contribution in [3.05, 3.63) is 76.3 Å². The van der Waals surface area contributed by atoms with Gasteiger partial charge in [0.1, 0.15) is 21.7 Å². The second-order valence-electron chi connectivity index (χ2n) is 5.93. The van der Waals surface area contributed by atoms with Gasteiger partial charge >= 0.3 is 0 Å². The van der Waals surface area contributed by atoms with Crippen molar-refractivity contribution >= 4 is 21.8 Å². The number of carbonyl (C=O) groups excluding carboxylic acids is 1. The quantitative estimate of drug-likeness (QED) is 0.552. The predicted molar refractivity (Wildman–Crippen MR) is 109 cm³/mol. The highest BCUT2D eigenvalue weighted by Gasteiger charge is 2.15. The van der Waals surface area contributed by atoms with Crippen molar-refractivity contribution in [3.63, 3.8) is 0 Å². The van der Waals surface area contributed by atoms with E-state index < -0.39 is 5.82 Å². The lowest BCUT2D eigenvalue weighted by atomic mass is 10.1. The van der Waals surface area contributed by atoms with E-state index in [1.807, 2.05) is 0 Å². The first kappa shape index (κ1) is 20.6. The van der Waals surface area contributed by atoms with E-state index in [9.17, 15) is 9.18 Å². The second kappa shape index (κ2) is 9.38. The summed E-state index contributed by atoms with van der Waals surface area (Å²) in [7, 11) is 3.00. The minimum atomic E-state index is -0.535. The van der Waals surface area contributed by atoms with Gasteiger partial charge in [-0.1, -0.05) is 6.07 Å². The SMILES string of the molecule is COc1cc(C(=O)NCc2ccc(Oc3cccnc3)c(F)c2)cc(OC)c1Br. The van der Waals surface area contributed by atoms with Crippen LogP contribution >= 0.6 is 15.9 Å². The molecule has 0 aliphatic carbocycles. The van der Waals surface area contributed by atoms with E-state index in [4.69, 9.17) is 14.2 Å². The molecule has 29 heavy (non-hydrogen) atoms. The summed E-state index contributed by atoms with van der Waals surface area (Å²) in [4.78, 5) is 16.4. The van der Waals surface area contributed by atoms with Crippen molar-refractivity contribution in [2.24, 2.45) is 0 Å². The van der Waals surface area contributed by atoms with Crippen LogP contribution in [0.2, 0.25) is 0 Å². The number of halogens is 2. The lowest BCUT2D eigenvalue weighted by Gasteiger charge is -2.12. The van der Waals surface area contributed by atoms with Gasteiger partial charge in [-0.25, -0.2) is 4.39 Å². The van der Waals surface area contributed by atoms with Crippen molar-refractivity contribution in [3.8, 4) is 23.0 Å². The van der Waals surface area contributed by atoms with Crippen LogP contribution in [0, 0.1) is 5.82 Å². The highest BCUT2D eigenvalue weighted by Crippen LogP contribution is 2.35. The largest absolute Gasteiger partial charge is 0.495 e. The molecule has 6 nitrogen and oxygen atoms in total. The monoisotopic (exact) mass is 460 g/mol. The number of amides is 1. The van der Waals surface area contributed by atoms with E-state index >= 15 is 0 Å². The summed E-state index contributed by atoms with van der Waals surface area (Å²) >= 11 is 3.36. The maximum Gasteiger partial charge on any atom is 0.251 e.